The van der Waals surface area contributed by atoms with E-state index in [4.69, 9.17) is 14.3 Å². The maximum Gasteiger partial charge on any atom is 0.269 e. The number of rotatable bonds is 15. The van der Waals surface area contributed by atoms with Gasteiger partial charge in [0.25, 0.3) is 5.91 Å². The maximum absolute atomic E-state index is 13.0. The summed E-state index contributed by atoms with van der Waals surface area (Å²) in [5.74, 6) is -1.86. The molecule has 214 valence electrons. The van der Waals surface area contributed by atoms with E-state index in [1.165, 1.54) is 6.92 Å². The number of nitrogens with zero attached hydrogens (tertiary/aromatic N) is 3. The monoisotopic (exact) mass is 546 g/mol. The van der Waals surface area contributed by atoms with Gasteiger partial charge in [0.15, 0.2) is 5.78 Å². The number of nitrogens with one attached hydrogen (secondary N) is 3. The van der Waals surface area contributed by atoms with Gasteiger partial charge in [-0.25, -0.2) is 0 Å². The van der Waals surface area contributed by atoms with Crippen molar-refractivity contribution in [2.75, 3.05) is 52.6 Å². The first-order valence-electron chi connectivity index (χ1n) is 13.1. The zero-order chi connectivity index (χ0) is 28.3. The highest BCUT2D eigenvalue weighted by atomic mass is 16.6. The topological polar surface area (TPSA) is 164 Å². The molecule has 2 fully saturated rings. The van der Waals surface area contributed by atoms with Crippen LogP contribution in [0.3, 0.4) is 0 Å². The van der Waals surface area contributed by atoms with Gasteiger partial charge in [0, 0.05) is 38.4 Å². The van der Waals surface area contributed by atoms with Gasteiger partial charge in [-0.2, -0.15) is 0 Å². The van der Waals surface area contributed by atoms with Crippen molar-refractivity contribution in [1.29, 1.82) is 0 Å². The summed E-state index contributed by atoms with van der Waals surface area (Å²) < 4.78 is 10.5. The first-order valence-corrected chi connectivity index (χ1v) is 13.1. The van der Waals surface area contributed by atoms with Crippen molar-refractivity contribution in [2.45, 2.75) is 51.3 Å². The van der Waals surface area contributed by atoms with Crippen LogP contribution in [0.25, 0.3) is 0 Å². The lowest BCUT2D eigenvalue weighted by Gasteiger charge is -2.25. The Morgan fingerprint density at radius 1 is 1.15 bits per heavy atom. The molecule has 3 atom stereocenters. The molecule has 3 rings (SSSR count). The summed E-state index contributed by atoms with van der Waals surface area (Å²) in [5, 5.41) is 11.7. The Hall–Kier alpha value is -3.42. The summed E-state index contributed by atoms with van der Waals surface area (Å²) in [5.41, 5.74) is -0.0362. The molecule has 0 radical (unpaired) electrons. The highest BCUT2D eigenvalue weighted by Crippen LogP contribution is 2.28. The Balaban J connectivity index is 1.52. The number of hydrogen-bond acceptors (Lipinski definition) is 10. The van der Waals surface area contributed by atoms with Crippen LogP contribution in [0, 0.1) is 0 Å². The molecule has 13 nitrogen and oxygen atoms in total. The van der Waals surface area contributed by atoms with Gasteiger partial charge in [-0.3, -0.25) is 29.1 Å². The fraction of sp³-hybridized carbons (Fsp3) is 0.615. The van der Waals surface area contributed by atoms with Gasteiger partial charge in [-0.05, 0) is 38.0 Å². The molecule has 0 aromatic carbocycles. The van der Waals surface area contributed by atoms with E-state index < -0.39 is 35.4 Å². The minimum Gasteiger partial charge on any atom is -0.394 e. The van der Waals surface area contributed by atoms with E-state index in [0.29, 0.717) is 39.4 Å². The quantitative estimate of drug-likeness (QED) is 0.111. The van der Waals surface area contributed by atoms with E-state index in [-0.39, 0.29) is 24.5 Å². The first kappa shape index (κ1) is 30.1. The van der Waals surface area contributed by atoms with E-state index >= 15 is 0 Å². The third-order valence-corrected chi connectivity index (χ3v) is 6.53. The fourth-order valence-corrected chi connectivity index (χ4v) is 3.91. The molecule has 2 aliphatic rings. The summed E-state index contributed by atoms with van der Waals surface area (Å²) in [6.07, 6.45) is 3.73. The molecule has 2 saturated heterocycles. The number of oxime groups is 1. The van der Waals surface area contributed by atoms with Crippen molar-refractivity contribution < 1.29 is 33.5 Å². The van der Waals surface area contributed by atoms with Crippen molar-refractivity contribution in [1.82, 2.24) is 25.8 Å². The van der Waals surface area contributed by atoms with Gasteiger partial charge >= 0.3 is 0 Å². The van der Waals surface area contributed by atoms with Crippen LogP contribution in [0.1, 0.15) is 32.8 Å². The molecule has 2 aliphatic heterocycles. The number of ketones is 1. The molecule has 3 N–H and O–H groups in total. The molecule has 1 unspecified atom stereocenters. The second kappa shape index (κ2) is 14.7. The Morgan fingerprint density at radius 2 is 1.85 bits per heavy atom. The normalized spacial score (nSPS) is 20.8. The van der Waals surface area contributed by atoms with Gasteiger partial charge < -0.3 is 30.3 Å². The Kier molecular flexibility index (Phi) is 11.3. The van der Waals surface area contributed by atoms with Crippen LogP contribution in [0.2, 0.25) is 0 Å². The van der Waals surface area contributed by atoms with E-state index in [1.807, 2.05) is 0 Å². The summed E-state index contributed by atoms with van der Waals surface area (Å²) in [4.78, 5) is 62.2. The third-order valence-electron chi connectivity index (χ3n) is 6.53. The molecule has 1 aromatic heterocycles. The molecule has 39 heavy (non-hydrogen) atoms. The first-order chi connectivity index (χ1) is 18.7. The van der Waals surface area contributed by atoms with Gasteiger partial charge in [0.1, 0.15) is 24.0 Å². The van der Waals surface area contributed by atoms with Crippen LogP contribution < -0.4 is 16.0 Å². The van der Waals surface area contributed by atoms with Crippen molar-refractivity contribution in [3.05, 3.63) is 30.1 Å². The number of aromatic nitrogens is 1. The molecule has 3 heterocycles. The maximum atomic E-state index is 13.0. The summed E-state index contributed by atoms with van der Waals surface area (Å²) in [7, 11) is 0. The van der Waals surface area contributed by atoms with E-state index in [0.717, 1.165) is 18.7 Å². The van der Waals surface area contributed by atoms with Gasteiger partial charge in [0.05, 0.1) is 32.4 Å². The molecule has 0 saturated carbocycles. The van der Waals surface area contributed by atoms with Gasteiger partial charge in [-0.1, -0.05) is 12.1 Å². The predicted molar refractivity (Wildman–Crippen MR) is 141 cm³/mol. The minimum atomic E-state index is -0.992. The van der Waals surface area contributed by atoms with Crippen LogP contribution in [0.5, 0.6) is 0 Å². The smallest absolute Gasteiger partial charge is 0.269 e. The average molecular weight is 547 g/mol. The molecule has 0 bridgehead atoms. The number of pyridine rings is 1. The van der Waals surface area contributed by atoms with Crippen LogP contribution in [0.4, 0.5) is 0 Å². The Morgan fingerprint density at radius 3 is 2.49 bits per heavy atom. The molecule has 0 aliphatic carbocycles. The van der Waals surface area contributed by atoms with Crippen LogP contribution in [-0.2, 0) is 39.9 Å². The number of carbonyl (C=O) groups excluding carboxylic acids is 4. The zero-order valence-corrected chi connectivity index (χ0v) is 22.7. The van der Waals surface area contributed by atoms with E-state index in [1.54, 1.807) is 38.4 Å². The SMILES string of the molecule is CC[C@H](NC(=O)CNC(=O)C(Cc1ccncc1)NC(=O)/C(C)=N/OCCN1CCOCC1)C(=O)[C@@]1(C)CO1. The molecule has 13 heteroatoms. The van der Waals surface area contributed by atoms with Crippen molar-refractivity contribution in [2.24, 2.45) is 5.16 Å². The number of amides is 3. The molecule has 0 spiro atoms. The largest absolute Gasteiger partial charge is 0.394 e. The molecular weight excluding hydrogens is 508 g/mol. The Bertz CT molecular complexity index is 1020. The summed E-state index contributed by atoms with van der Waals surface area (Å²) in [6, 6.07) is 1.75. The molecule has 3 amide bonds. The number of epoxide rings is 1. The van der Waals surface area contributed by atoms with Crippen molar-refractivity contribution in [3.8, 4) is 0 Å². The summed E-state index contributed by atoms with van der Waals surface area (Å²) >= 11 is 0. The third kappa shape index (κ3) is 9.68. The van der Waals surface area contributed by atoms with E-state index in [2.05, 4.69) is 31.0 Å². The number of carbonyl (C=O) groups is 4. The van der Waals surface area contributed by atoms with Crippen molar-refractivity contribution >= 4 is 29.2 Å². The highest BCUT2D eigenvalue weighted by Gasteiger charge is 2.49. The number of Topliss-reactive ketones (excluding diaryl/α,β-unsaturated/α-hetero) is 1. The highest BCUT2D eigenvalue weighted by molar-refractivity contribution is 6.38. The minimum absolute atomic E-state index is 0.0577. The molecular formula is C26H38N6O7. The van der Waals surface area contributed by atoms with E-state index in [9.17, 15) is 19.2 Å². The lowest BCUT2D eigenvalue weighted by molar-refractivity contribution is -0.131. The number of ether oxygens (including phenoxy) is 2. The van der Waals surface area contributed by atoms with Crippen LogP contribution >= 0.6 is 0 Å². The summed E-state index contributed by atoms with van der Waals surface area (Å²) in [6.45, 7) is 8.89. The van der Waals surface area contributed by atoms with Crippen molar-refractivity contribution in [3.63, 3.8) is 0 Å². The van der Waals surface area contributed by atoms with Gasteiger partial charge in [-0.15, -0.1) is 0 Å². The lowest BCUT2D eigenvalue weighted by atomic mass is 9.99. The number of morpholine rings is 1. The fourth-order valence-electron chi connectivity index (χ4n) is 3.91. The Labute approximate surface area is 228 Å². The van der Waals surface area contributed by atoms with Crippen LogP contribution in [-0.4, -0.2) is 109 Å². The molecule has 1 aromatic rings. The average Bonchev–Trinajstić information content (AvgIpc) is 3.71. The second-order valence-corrected chi connectivity index (χ2v) is 9.68. The van der Waals surface area contributed by atoms with Crippen LogP contribution in [0.15, 0.2) is 29.7 Å². The second-order valence-electron chi connectivity index (χ2n) is 9.68. The van der Waals surface area contributed by atoms with Gasteiger partial charge in [0.2, 0.25) is 11.8 Å². The lowest BCUT2D eigenvalue weighted by Crippen LogP contribution is -2.53. The zero-order valence-electron chi connectivity index (χ0n) is 22.7. The number of hydrogen-bond donors (Lipinski definition) is 3. The standard InChI is InChI=1S/C26H38N6O7/c1-4-20(23(34)26(3)17-38-26)29-22(33)16-28-25(36)21(15-19-5-7-27-8-6-19)30-24(35)18(2)31-39-14-11-32-9-12-37-13-10-32/h5-8,20-21H,4,9-17H2,1-3H3,(H,28,36)(H,29,33)(H,30,35)/b31-18+/t20-,21?,26+/m0/s1. The predicted octanol–water partition coefficient (Wildman–Crippen LogP) is -0.797.